The number of likely N-dealkylation sites (N-methyl/N-ethyl adjacent to an activating group) is 1. The van der Waals surface area contributed by atoms with E-state index in [1.165, 1.54) is 6.42 Å². The minimum Gasteiger partial charge on any atom is -0.455 e. The van der Waals surface area contributed by atoms with Crippen LogP contribution in [0.4, 0.5) is 5.69 Å². The van der Waals surface area contributed by atoms with Gasteiger partial charge in [-0.1, -0.05) is 30.3 Å². The quantitative estimate of drug-likeness (QED) is 0.849. The molecule has 3 rings (SSSR count). The number of hydrogen-bond donors (Lipinski definition) is 2. The lowest BCUT2D eigenvalue weighted by Crippen LogP contribution is -2.46. The molecule has 2 aromatic carbocycles. The average molecular weight is 339 g/mol. The summed E-state index contributed by atoms with van der Waals surface area (Å²) in [5.74, 6) is 1.38. The number of rotatable bonds is 6. The molecule has 1 aliphatic heterocycles. The summed E-state index contributed by atoms with van der Waals surface area (Å²) in [7, 11) is 1.98. The summed E-state index contributed by atoms with van der Waals surface area (Å²) in [5, 5.41) is 6.28. The maximum Gasteiger partial charge on any atom is 0.238 e. The molecule has 1 heterocycles. The minimum atomic E-state index is -0.0131. The lowest BCUT2D eigenvalue weighted by Gasteiger charge is -2.31. The molecule has 1 aliphatic rings. The number of hydrogen-bond acceptors (Lipinski definition) is 4. The number of ether oxygens (including phenoxy) is 1. The van der Waals surface area contributed by atoms with Gasteiger partial charge in [0.1, 0.15) is 5.75 Å². The molecule has 0 radical (unpaired) electrons. The van der Waals surface area contributed by atoms with Gasteiger partial charge in [0.25, 0.3) is 0 Å². The molecule has 2 N–H and O–H groups in total. The van der Waals surface area contributed by atoms with Crippen molar-refractivity contribution in [3.8, 4) is 11.5 Å². The van der Waals surface area contributed by atoms with Crippen molar-refractivity contribution in [2.75, 3.05) is 32.0 Å². The summed E-state index contributed by atoms with van der Waals surface area (Å²) in [5.41, 5.74) is 0.693. The van der Waals surface area contributed by atoms with Crippen molar-refractivity contribution in [1.29, 1.82) is 0 Å². The van der Waals surface area contributed by atoms with Gasteiger partial charge in [0.05, 0.1) is 12.2 Å². The Hall–Kier alpha value is -2.37. The second-order valence-corrected chi connectivity index (χ2v) is 6.32. The summed E-state index contributed by atoms with van der Waals surface area (Å²) >= 11 is 0. The highest BCUT2D eigenvalue weighted by molar-refractivity contribution is 5.93. The molecule has 0 saturated carbocycles. The van der Waals surface area contributed by atoms with E-state index in [9.17, 15) is 4.79 Å². The van der Waals surface area contributed by atoms with E-state index in [1.807, 2.05) is 61.6 Å². The molecule has 25 heavy (non-hydrogen) atoms. The Morgan fingerprint density at radius 3 is 2.72 bits per heavy atom. The van der Waals surface area contributed by atoms with Crippen molar-refractivity contribution in [1.82, 2.24) is 10.2 Å². The van der Waals surface area contributed by atoms with Crippen LogP contribution in [-0.2, 0) is 4.79 Å². The summed E-state index contributed by atoms with van der Waals surface area (Å²) < 4.78 is 5.90. The van der Waals surface area contributed by atoms with Crippen molar-refractivity contribution in [3.63, 3.8) is 0 Å². The van der Waals surface area contributed by atoms with Crippen LogP contribution in [-0.4, -0.2) is 43.5 Å². The molecule has 1 amide bonds. The largest absolute Gasteiger partial charge is 0.455 e. The monoisotopic (exact) mass is 339 g/mol. The van der Waals surface area contributed by atoms with E-state index in [4.69, 9.17) is 4.74 Å². The van der Waals surface area contributed by atoms with Crippen LogP contribution in [0.2, 0.25) is 0 Å². The Balaban J connectivity index is 1.61. The Kier molecular flexibility index (Phi) is 6.04. The molecule has 132 valence electrons. The van der Waals surface area contributed by atoms with Gasteiger partial charge in [0, 0.05) is 12.6 Å². The lowest BCUT2D eigenvalue weighted by atomic mass is 10.1. The standard InChI is InChI=1S/C20H25N3O2/c1-21-16-8-7-13-23(14-16)15-20(24)22-18-11-5-6-12-19(18)25-17-9-3-2-4-10-17/h2-6,9-12,16,21H,7-8,13-15H2,1H3,(H,22,24). The zero-order valence-corrected chi connectivity index (χ0v) is 14.6. The molecular weight excluding hydrogens is 314 g/mol. The van der Waals surface area contributed by atoms with Crippen LogP contribution in [0.5, 0.6) is 11.5 Å². The molecular formula is C20H25N3O2. The van der Waals surface area contributed by atoms with Gasteiger partial charge in [-0.05, 0) is 50.7 Å². The third kappa shape index (κ3) is 5.05. The molecule has 0 aliphatic carbocycles. The molecule has 5 heteroatoms. The second kappa shape index (κ2) is 8.65. The zero-order valence-electron chi connectivity index (χ0n) is 14.6. The Morgan fingerprint density at radius 1 is 1.16 bits per heavy atom. The first kappa shape index (κ1) is 17.5. The van der Waals surface area contributed by atoms with Gasteiger partial charge in [-0.3, -0.25) is 9.69 Å². The molecule has 5 nitrogen and oxygen atoms in total. The second-order valence-electron chi connectivity index (χ2n) is 6.32. The Labute approximate surface area is 149 Å². The number of carbonyl (C=O) groups is 1. The first-order valence-corrected chi connectivity index (χ1v) is 8.76. The fraction of sp³-hybridized carbons (Fsp3) is 0.350. The van der Waals surface area contributed by atoms with Crippen LogP contribution in [0.25, 0.3) is 0 Å². The van der Waals surface area contributed by atoms with Crippen molar-refractivity contribution in [2.45, 2.75) is 18.9 Å². The molecule has 0 spiro atoms. The van der Waals surface area contributed by atoms with E-state index in [1.54, 1.807) is 0 Å². The van der Waals surface area contributed by atoms with Gasteiger partial charge in [-0.25, -0.2) is 0 Å². The number of para-hydroxylation sites is 3. The number of anilines is 1. The average Bonchev–Trinajstić information content (AvgIpc) is 2.64. The van der Waals surface area contributed by atoms with Gasteiger partial charge in [-0.15, -0.1) is 0 Å². The van der Waals surface area contributed by atoms with Crippen LogP contribution in [0, 0.1) is 0 Å². The lowest BCUT2D eigenvalue weighted by molar-refractivity contribution is -0.117. The maximum absolute atomic E-state index is 12.5. The highest BCUT2D eigenvalue weighted by atomic mass is 16.5. The Bertz CT molecular complexity index is 690. The number of amides is 1. The van der Waals surface area contributed by atoms with Crippen LogP contribution in [0.1, 0.15) is 12.8 Å². The molecule has 1 fully saturated rings. The molecule has 0 aromatic heterocycles. The summed E-state index contributed by atoms with van der Waals surface area (Å²) in [6.07, 6.45) is 2.29. The van der Waals surface area contributed by atoms with E-state index in [0.717, 1.165) is 25.3 Å². The van der Waals surface area contributed by atoms with E-state index >= 15 is 0 Å². The highest BCUT2D eigenvalue weighted by Crippen LogP contribution is 2.29. The first-order chi connectivity index (χ1) is 12.2. The summed E-state index contributed by atoms with van der Waals surface area (Å²) in [6, 6.07) is 17.6. The van der Waals surface area contributed by atoms with Gasteiger partial charge in [-0.2, -0.15) is 0 Å². The van der Waals surface area contributed by atoms with Crippen LogP contribution in [0.3, 0.4) is 0 Å². The first-order valence-electron chi connectivity index (χ1n) is 8.76. The van der Waals surface area contributed by atoms with Crippen molar-refractivity contribution >= 4 is 11.6 Å². The summed E-state index contributed by atoms with van der Waals surface area (Å²) in [4.78, 5) is 14.6. The van der Waals surface area contributed by atoms with Gasteiger partial charge in [0.2, 0.25) is 5.91 Å². The van der Waals surface area contributed by atoms with Crippen molar-refractivity contribution in [3.05, 3.63) is 54.6 Å². The predicted molar refractivity (Wildman–Crippen MR) is 100 cm³/mol. The normalized spacial score (nSPS) is 17.9. The minimum absolute atomic E-state index is 0.0131. The summed E-state index contributed by atoms with van der Waals surface area (Å²) in [6.45, 7) is 2.28. The number of nitrogens with zero attached hydrogens (tertiary/aromatic N) is 1. The third-order valence-corrected chi connectivity index (χ3v) is 4.41. The highest BCUT2D eigenvalue weighted by Gasteiger charge is 2.20. The van der Waals surface area contributed by atoms with Crippen molar-refractivity contribution < 1.29 is 9.53 Å². The van der Waals surface area contributed by atoms with Crippen LogP contribution >= 0.6 is 0 Å². The number of piperidine rings is 1. The van der Waals surface area contributed by atoms with Crippen molar-refractivity contribution in [2.24, 2.45) is 0 Å². The third-order valence-electron chi connectivity index (χ3n) is 4.41. The molecule has 0 bridgehead atoms. The number of benzene rings is 2. The topological polar surface area (TPSA) is 53.6 Å². The number of carbonyl (C=O) groups excluding carboxylic acids is 1. The van der Waals surface area contributed by atoms with Gasteiger partial charge < -0.3 is 15.4 Å². The van der Waals surface area contributed by atoms with E-state index in [2.05, 4.69) is 15.5 Å². The van der Waals surface area contributed by atoms with E-state index in [0.29, 0.717) is 24.0 Å². The smallest absolute Gasteiger partial charge is 0.238 e. The maximum atomic E-state index is 12.5. The number of likely N-dealkylation sites (tertiary alicyclic amines) is 1. The van der Waals surface area contributed by atoms with Crippen LogP contribution < -0.4 is 15.4 Å². The fourth-order valence-electron chi connectivity index (χ4n) is 3.10. The molecule has 1 saturated heterocycles. The Morgan fingerprint density at radius 2 is 1.92 bits per heavy atom. The number of nitrogens with one attached hydrogen (secondary N) is 2. The molecule has 1 atom stereocenters. The molecule has 1 unspecified atom stereocenters. The molecule has 2 aromatic rings. The van der Waals surface area contributed by atoms with E-state index in [-0.39, 0.29) is 5.91 Å². The SMILES string of the molecule is CNC1CCCN(CC(=O)Nc2ccccc2Oc2ccccc2)C1. The van der Waals surface area contributed by atoms with Crippen LogP contribution in [0.15, 0.2) is 54.6 Å². The van der Waals surface area contributed by atoms with Gasteiger partial charge >= 0.3 is 0 Å². The van der Waals surface area contributed by atoms with E-state index < -0.39 is 0 Å². The van der Waals surface area contributed by atoms with Gasteiger partial charge in [0.15, 0.2) is 5.75 Å². The zero-order chi connectivity index (χ0) is 17.5. The predicted octanol–water partition coefficient (Wildman–Crippen LogP) is 3.10. The fourth-order valence-corrected chi connectivity index (χ4v) is 3.10.